The Balaban J connectivity index is 0.000000197. The van der Waals surface area contributed by atoms with Gasteiger partial charge in [0, 0.05) is 32.5 Å². The highest BCUT2D eigenvalue weighted by atomic mass is 35.5. The number of hydrogen-bond acceptors (Lipinski definition) is 6. The molecule has 0 radical (unpaired) electrons. The number of nitrogens with one attached hydrogen (secondary N) is 2. The van der Waals surface area contributed by atoms with Gasteiger partial charge in [0.15, 0.2) is 5.78 Å². The van der Waals surface area contributed by atoms with Crippen molar-refractivity contribution in [2.45, 2.75) is 16.2 Å². The summed E-state index contributed by atoms with van der Waals surface area (Å²) in [6.07, 6.45) is 2.76. The van der Waals surface area contributed by atoms with Crippen LogP contribution in [0.2, 0.25) is 5.02 Å². The second-order valence-corrected chi connectivity index (χ2v) is 11.6. The quantitative estimate of drug-likeness (QED) is 0.176. The molecule has 7 nitrogen and oxygen atoms in total. The van der Waals surface area contributed by atoms with Gasteiger partial charge in [0.05, 0.1) is 18.1 Å². The number of halogens is 2. The van der Waals surface area contributed by atoms with Crippen LogP contribution in [0.1, 0.15) is 33.5 Å². The van der Waals surface area contributed by atoms with Crippen molar-refractivity contribution in [3.63, 3.8) is 0 Å². The maximum Gasteiger partial charge on any atom is 0.413 e. The number of aromatic amines is 1. The predicted octanol–water partition coefficient (Wildman–Crippen LogP) is 8.58. The molecule has 4 aromatic carbocycles. The van der Waals surface area contributed by atoms with Gasteiger partial charge >= 0.3 is 6.09 Å². The summed E-state index contributed by atoms with van der Waals surface area (Å²) in [6, 6.07) is 29.0. The molecule has 0 atom stereocenters. The molecule has 1 aromatic heterocycles. The Hall–Kier alpha value is -4.08. The second-order valence-electron chi connectivity index (χ2n) is 10.1. The molecule has 0 fully saturated rings. The molecule has 2 heterocycles. The molecule has 0 spiro atoms. The summed E-state index contributed by atoms with van der Waals surface area (Å²) < 4.78 is 4.51. The van der Waals surface area contributed by atoms with Crippen LogP contribution in [0, 0.1) is 0 Å². The van der Waals surface area contributed by atoms with Gasteiger partial charge in [-0.3, -0.25) is 10.1 Å². The van der Waals surface area contributed by atoms with Crippen molar-refractivity contribution < 1.29 is 14.3 Å². The minimum Gasteiger partial charge on any atom is -0.453 e. The van der Waals surface area contributed by atoms with E-state index in [1.165, 1.54) is 33.6 Å². The number of carbonyl (C=O) groups is 2. The average Bonchev–Trinajstić information content (AvgIpc) is 3.42. The molecule has 1 aliphatic rings. The molecule has 0 aliphatic carbocycles. The highest BCUT2D eigenvalue weighted by molar-refractivity contribution is 7.99. The standard InChI is InChI=1S/C18H18ClNS.C16H13N3O3.ClH/c1-20(2)11-5-7-14-15-6-3-4-8-17(15)21-18-10-9-13(19)12-16(14)18;1-22-16(21)19-15-17-12-8-7-11(9-13(12)18-15)14(20)10-5-3-2-4-6-10;/h3-4,6-10,12H,5,11H2,1-2H3;2-9H,1H3,(H2,17,18,19,21);1H. The van der Waals surface area contributed by atoms with E-state index in [0.29, 0.717) is 22.2 Å². The summed E-state index contributed by atoms with van der Waals surface area (Å²) in [7, 11) is 5.48. The zero-order valence-electron chi connectivity index (χ0n) is 24.5. The van der Waals surface area contributed by atoms with E-state index in [4.69, 9.17) is 11.6 Å². The highest BCUT2D eigenvalue weighted by Gasteiger charge is 2.20. The van der Waals surface area contributed by atoms with Gasteiger partial charge in [-0.25, -0.2) is 9.78 Å². The predicted molar refractivity (Wildman–Crippen MR) is 182 cm³/mol. The molecule has 6 rings (SSSR count). The average molecular weight is 648 g/mol. The Labute approximate surface area is 272 Å². The van der Waals surface area contributed by atoms with Crippen molar-refractivity contribution in [3.05, 3.63) is 124 Å². The number of hydrogen-bond donors (Lipinski definition) is 2. The van der Waals surface area contributed by atoms with Gasteiger partial charge in [0.2, 0.25) is 5.95 Å². The van der Waals surface area contributed by atoms with Crippen LogP contribution in [0.15, 0.2) is 107 Å². The number of imidazole rings is 1. The molecular weight excluding hydrogens is 615 g/mol. The Morgan fingerprint density at radius 2 is 1.66 bits per heavy atom. The zero-order chi connectivity index (χ0) is 30.3. The van der Waals surface area contributed by atoms with Crippen molar-refractivity contribution >= 4 is 70.2 Å². The first-order valence-electron chi connectivity index (χ1n) is 13.7. The number of anilines is 1. The fourth-order valence-corrected chi connectivity index (χ4v) is 5.90. The fraction of sp³-hybridized carbons (Fsp3) is 0.147. The minimum absolute atomic E-state index is 0. The van der Waals surface area contributed by atoms with E-state index in [9.17, 15) is 9.59 Å². The monoisotopic (exact) mass is 646 g/mol. The van der Waals surface area contributed by atoms with Crippen LogP contribution >= 0.6 is 35.8 Å². The maximum absolute atomic E-state index is 12.4. The lowest BCUT2D eigenvalue weighted by Gasteiger charge is -2.22. The van der Waals surface area contributed by atoms with E-state index in [2.05, 4.69) is 81.5 Å². The Morgan fingerprint density at radius 1 is 0.932 bits per heavy atom. The number of carbonyl (C=O) groups excluding carboxylic acids is 2. The van der Waals surface area contributed by atoms with Gasteiger partial charge in [-0.15, -0.1) is 12.4 Å². The summed E-state index contributed by atoms with van der Waals surface area (Å²) >= 11 is 8.03. The van der Waals surface area contributed by atoms with Gasteiger partial charge in [-0.05, 0) is 79.7 Å². The molecule has 226 valence electrons. The Morgan fingerprint density at radius 3 is 2.41 bits per heavy atom. The first-order valence-corrected chi connectivity index (χ1v) is 14.9. The van der Waals surface area contributed by atoms with Crippen LogP contribution in [-0.4, -0.2) is 54.5 Å². The van der Waals surface area contributed by atoms with E-state index in [0.717, 1.165) is 18.0 Å². The third-order valence-electron chi connectivity index (χ3n) is 6.74. The summed E-state index contributed by atoms with van der Waals surface area (Å²) in [4.78, 5) is 35.5. The summed E-state index contributed by atoms with van der Waals surface area (Å²) in [6.45, 7) is 1.05. The number of rotatable bonds is 6. The highest BCUT2D eigenvalue weighted by Crippen LogP contribution is 2.46. The zero-order valence-corrected chi connectivity index (χ0v) is 26.9. The van der Waals surface area contributed by atoms with Crippen molar-refractivity contribution in [2.24, 2.45) is 0 Å². The number of H-pyrrole nitrogens is 1. The number of aromatic nitrogens is 2. The first kappa shape index (κ1) is 32.8. The van der Waals surface area contributed by atoms with E-state index in [1.54, 1.807) is 30.3 Å². The molecule has 44 heavy (non-hydrogen) atoms. The third kappa shape index (κ3) is 7.89. The van der Waals surface area contributed by atoms with Crippen LogP contribution in [0.3, 0.4) is 0 Å². The SMILES string of the molecule is CN(C)CCC=C1c2ccccc2Sc2ccc(Cl)cc21.COC(=O)Nc1nc2ccc(C(=O)c3ccccc3)cc2[nH]1.Cl. The lowest BCUT2D eigenvalue weighted by atomic mass is 9.96. The third-order valence-corrected chi connectivity index (χ3v) is 8.13. The molecular formula is C34H32Cl2N4O3S. The number of methoxy groups -OCH3 is 1. The van der Waals surface area contributed by atoms with E-state index >= 15 is 0 Å². The lowest BCUT2D eigenvalue weighted by Crippen LogP contribution is -2.12. The van der Waals surface area contributed by atoms with Crippen LogP contribution < -0.4 is 5.32 Å². The van der Waals surface area contributed by atoms with Crippen molar-refractivity contribution in [1.29, 1.82) is 0 Å². The molecule has 0 saturated carbocycles. The summed E-state index contributed by atoms with van der Waals surface area (Å²) in [5.74, 6) is 0.200. The second kappa shape index (κ2) is 15.1. The number of benzene rings is 4. The van der Waals surface area contributed by atoms with E-state index in [1.807, 2.05) is 36.0 Å². The maximum atomic E-state index is 12.4. The lowest BCUT2D eigenvalue weighted by molar-refractivity contribution is 0.103. The number of amides is 1. The summed E-state index contributed by atoms with van der Waals surface area (Å²) in [5, 5.41) is 3.25. The molecule has 0 unspecified atom stereocenters. The van der Waals surface area contributed by atoms with Crippen molar-refractivity contribution in [1.82, 2.24) is 14.9 Å². The molecule has 5 aromatic rings. The molecule has 0 bridgehead atoms. The van der Waals surface area contributed by atoms with Gasteiger partial charge in [-0.2, -0.15) is 0 Å². The fourth-order valence-electron chi connectivity index (χ4n) is 4.64. The van der Waals surface area contributed by atoms with Gasteiger partial charge < -0.3 is 14.6 Å². The Bertz CT molecular complexity index is 1810. The Kier molecular flexibility index (Phi) is 11.3. The van der Waals surface area contributed by atoms with Crippen LogP contribution in [0.5, 0.6) is 0 Å². The number of nitrogens with zero attached hydrogens (tertiary/aromatic N) is 2. The van der Waals surface area contributed by atoms with Crippen LogP contribution in [0.25, 0.3) is 16.6 Å². The van der Waals surface area contributed by atoms with Crippen molar-refractivity contribution in [3.8, 4) is 0 Å². The number of ketones is 1. The molecule has 1 amide bonds. The van der Waals surface area contributed by atoms with Crippen molar-refractivity contribution in [2.75, 3.05) is 33.1 Å². The number of fused-ring (bicyclic) bond motifs is 3. The van der Waals surface area contributed by atoms with Gasteiger partial charge in [0.25, 0.3) is 0 Å². The van der Waals surface area contributed by atoms with Gasteiger partial charge in [0.1, 0.15) is 0 Å². The molecule has 0 saturated heterocycles. The molecule has 1 aliphatic heterocycles. The van der Waals surface area contributed by atoms with Gasteiger partial charge in [-0.1, -0.05) is 78.0 Å². The normalized spacial score (nSPS) is 12.4. The molecule has 10 heteroatoms. The topological polar surface area (TPSA) is 87.3 Å². The number of ether oxygens (including phenoxy) is 1. The van der Waals surface area contributed by atoms with E-state index < -0.39 is 6.09 Å². The largest absolute Gasteiger partial charge is 0.453 e. The first-order chi connectivity index (χ1) is 20.8. The van der Waals surface area contributed by atoms with Crippen LogP contribution in [0.4, 0.5) is 10.7 Å². The smallest absolute Gasteiger partial charge is 0.413 e. The summed E-state index contributed by atoms with van der Waals surface area (Å²) in [5.41, 5.74) is 6.36. The van der Waals surface area contributed by atoms with E-state index in [-0.39, 0.29) is 24.1 Å². The molecule has 2 N–H and O–H groups in total. The minimum atomic E-state index is -0.611. The van der Waals surface area contributed by atoms with Crippen LogP contribution in [-0.2, 0) is 4.74 Å².